The standard InChI is InChI=1S/C7H9F2N3O5S/c8-5(9)3(13)1-11-18(16,17)4-2-10-7(15)12-6(4)14/h2-3,5,11,13H,1H2,(H2,10,12,14,15). The highest BCUT2D eigenvalue weighted by atomic mass is 32.2. The highest BCUT2D eigenvalue weighted by molar-refractivity contribution is 7.89. The quantitative estimate of drug-likeness (QED) is 0.495. The SMILES string of the molecule is O=c1[nH]cc(S(=O)(=O)NCC(O)C(F)F)c(=O)[nH]1. The maximum Gasteiger partial charge on any atom is 0.325 e. The van der Waals surface area contributed by atoms with Crippen molar-refractivity contribution < 1.29 is 22.3 Å². The average Bonchev–Trinajstić information content (AvgIpc) is 2.25. The molecule has 0 amide bonds. The van der Waals surface area contributed by atoms with Gasteiger partial charge in [-0.05, 0) is 0 Å². The van der Waals surface area contributed by atoms with Crippen LogP contribution in [0.25, 0.3) is 0 Å². The minimum absolute atomic E-state index is 0.623. The molecule has 0 aromatic carbocycles. The molecule has 0 bridgehead atoms. The first-order valence-corrected chi connectivity index (χ1v) is 6.00. The molecular weight excluding hydrogens is 276 g/mol. The van der Waals surface area contributed by atoms with Gasteiger partial charge in [0.15, 0.2) is 4.90 Å². The van der Waals surface area contributed by atoms with Gasteiger partial charge in [-0.1, -0.05) is 0 Å². The Labute approximate surface area is 98.7 Å². The van der Waals surface area contributed by atoms with Gasteiger partial charge in [0.1, 0.15) is 6.10 Å². The van der Waals surface area contributed by atoms with Crippen LogP contribution in [-0.2, 0) is 10.0 Å². The Kier molecular flexibility index (Phi) is 4.32. The summed E-state index contributed by atoms with van der Waals surface area (Å²) < 4.78 is 48.5. The number of aliphatic hydroxyl groups is 1. The molecule has 1 heterocycles. The van der Waals surface area contributed by atoms with Gasteiger partial charge in [-0.25, -0.2) is 26.7 Å². The Morgan fingerprint density at radius 2 is 2.00 bits per heavy atom. The Morgan fingerprint density at radius 1 is 1.39 bits per heavy atom. The molecule has 8 nitrogen and oxygen atoms in total. The predicted octanol–water partition coefficient (Wildman–Crippen LogP) is -2.03. The highest BCUT2D eigenvalue weighted by Gasteiger charge is 2.23. The van der Waals surface area contributed by atoms with E-state index in [9.17, 15) is 26.8 Å². The number of halogens is 2. The molecule has 1 rings (SSSR count). The predicted molar refractivity (Wildman–Crippen MR) is 54.9 cm³/mol. The smallest absolute Gasteiger partial charge is 0.325 e. The van der Waals surface area contributed by atoms with E-state index in [1.807, 2.05) is 4.98 Å². The first-order chi connectivity index (χ1) is 8.24. The number of alkyl halides is 2. The van der Waals surface area contributed by atoms with Crippen LogP contribution in [0.2, 0.25) is 0 Å². The molecule has 0 radical (unpaired) electrons. The fourth-order valence-electron chi connectivity index (χ4n) is 0.959. The molecule has 1 aromatic rings. The molecule has 0 aliphatic rings. The van der Waals surface area contributed by atoms with Crippen molar-refractivity contribution in [3.05, 3.63) is 27.0 Å². The molecule has 102 valence electrons. The second-order valence-electron chi connectivity index (χ2n) is 3.19. The van der Waals surface area contributed by atoms with E-state index in [1.54, 1.807) is 9.71 Å². The van der Waals surface area contributed by atoms with Crippen molar-refractivity contribution >= 4 is 10.0 Å². The molecule has 0 aliphatic heterocycles. The zero-order chi connectivity index (χ0) is 13.9. The van der Waals surface area contributed by atoms with Crippen LogP contribution in [0.15, 0.2) is 20.7 Å². The lowest BCUT2D eigenvalue weighted by atomic mass is 10.4. The monoisotopic (exact) mass is 285 g/mol. The molecular formula is C7H9F2N3O5S. The van der Waals surface area contributed by atoms with E-state index in [1.165, 1.54) is 0 Å². The molecule has 18 heavy (non-hydrogen) atoms. The van der Waals surface area contributed by atoms with Gasteiger partial charge < -0.3 is 10.1 Å². The van der Waals surface area contributed by atoms with Crippen molar-refractivity contribution in [2.24, 2.45) is 0 Å². The third-order valence-electron chi connectivity index (χ3n) is 1.85. The molecule has 1 aromatic heterocycles. The number of sulfonamides is 1. The van der Waals surface area contributed by atoms with Gasteiger partial charge in [0, 0.05) is 12.7 Å². The Morgan fingerprint density at radius 3 is 2.50 bits per heavy atom. The van der Waals surface area contributed by atoms with Crippen LogP contribution >= 0.6 is 0 Å². The van der Waals surface area contributed by atoms with Crippen molar-refractivity contribution in [2.75, 3.05) is 6.54 Å². The van der Waals surface area contributed by atoms with E-state index in [0.717, 1.165) is 0 Å². The zero-order valence-electron chi connectivity index (χ0n) is 8.68. The van der Waals surface area contributed by atoms with Gasteiger partial charge in [0.25, 0.3) is 12.0 Å². The summed E-state index contributed by atoms with van der Waals surface area (Å²) in [7, 11) is -4.39. The highest BCUT2D eigenvalue weighted by Crippen LogP contribution is 2.02. The maximum absolute atomic E-state index is 11.9. The molecule has 11 heteroatoms. The lowest BCUT2D eigenvalue weighted by Gasteiger charge is -2.10. The summed E-state index contributed by atoms with van der Waals surface area (Å²) in [5, 5.41) is 8.73. The second-order valence-corrected chi connectivity index (χ2v) is 4.93. The zero-order valence-corrected chi connectivity index (χ0v) is 9.50. The average molecular weight is 285 g/mol. The molecule has 0 saturated heterocycles. The molecule has 1 atom stereocenters. The van der Waals surface area contributed by atoms with E-state index >= 15 is 0 Å². The van der Waals surface area contributed by atoms with E-state index < -0.39 is 45.2 Å². The Balaban J connectivity index is 2.94. The van der Waals surface area contributed by atoms with Crippen molar-refractivity contribution in [3.63, 3.8) is 0 Å². The summed E-state index contributed by atoms with van der Waals surface area (Å²) in [4.78, 5) is 24.6. The van der Waals surface area contributed by atoms with Crippen LogP contribution < -0.4 is 16.0 Å². The first-order valence-electron chi connectivity index (χ1n) is 4.52. The largest absolute Gasteiger partial charge is 0.386 e. The van der Waals surface area contributed by atoms with Gasteiger partial charge in [-0.2, -0.15) is 0 Å². The van der Waals surface area contributed by atoms with Gasteiger partial charge in [0.05, 0.1) is 0 Å². The Bertz CT molecular complexity index is 622. The molecule has 1 unspecified atom stereocenters. The van der Waals surface area contributed by atoms with Crippen LogP contribution in [0.5, 0.6) is 0 Å². The molecule has 0 fully saturated rings. The number of aromatic nitrogens is 2. The number of hydrogen-bond acceptors (Lipinski definition) is 5. The summed E-state index contributed by atoms with van der Waals surface area (Å²) in [5.74, 6) is 0. The van der Waals surface area contributed by atoms with E-state index in [0.29, 0.717) is 6.20 Å². The van der Waals surface area contributed by atoms with Crippen LogP contribution in [0.3, 0.4) is 0 Å². The van der Waals surface area contributed by atoms with Crippen molar-refractivity contribution in [3.8, 4) is 0 Å². The van der Waals surface area contributed by atoms with Crippen LogP contribution in [0, 0.1) is 0 Å². The maximum atomic E-state index is 11.9. The third kappa shape index (κ3) is 3.45. The number of nitrogens with one attached hydrogen (secondary N) is 3. The normalized spacial score (nSPS) is 13.8. The van der Waals surface area contributed by atoms with E-state index in [-0.39, 0.29) is 0 Å². The number of H-pyrrole nitrogens is 2. The van der Waals surface area contributed by atoms with E-state index in [4.69, 9.17) is 5.11 Å². The number of hydrogen-bond donors (Lipinski definition) is 4. The lowest BCUT2D eigenvalue weighted by Crippen LogP contribution is -2.38. The first kappa shape index (κ1) is 14.5. The van der Waals surface area contributed by atoms with Gasteiger partial charge in [-0.15, -0.1) is 0 Å². The van der Waals surface area contributed by atoms with Gasteiger partial charge in [0.2, 0.25) is 10.0 Å². The summed E-state index contributed by atoms with van der Waals surface area (Å²) >= 11 is 0. The summed E-state index contributed by atoms with van der Waals surface area (Å²) in [6.45, 7) is -0.960. The molecule has 0 spiro atoms. The third-order valence-corrected chi connectivity index (χ3v) is 3.28. The fourth-order valence-corrected chi connectivity index (χ4v) is 2.01. The van der Waals surface area contributed by atoms with Crippen LogP contribution in [0.1, 0.15) is 0 Å². The summed E-state index contributed by atoms with van der Waals surface area (Å²) in [6, 6.07) is 0. The summed E-state index contributed by atoms with van der Waals surface area (Å²) in [5.41, 5.74) is -2.11. The number of rotatable bonds is 5. The number of aliphatic hydroxyl groups excluding tert-OH is 1. The van der Waals surface area contributed by atoms with Crippen LogP contribution in [-0.4, -0.2) is 42.6 Å². The van der Waals surface area contributed by atoms with Gasteiger partial charge in [-0.3, -0.25) is 9.78 Å². The summed E-state index contributed by atoms with van der Waals surface area (Å²) in [6.07, 6.45) is -4.69. The topological polar surface area (TPSA) is 132 Å². The van der Waals surface area contributed by atoms with Crippen molar-refractivity contribution in [1.82, 2.24) is 14.7 Å². The van der Waals surface area contributed by atoms with Gasteiger partial charge >= 0.3 is 5.69 Å². The molecule has 4 N–H and O–H groups in total. The minimum Gasteiger partial charge on any atom is -0.386 e. The lowest BCUT2D eigenvalue weighted by molar-refractivity contribution is -0.000454. The molecule has 0 aliphatic carbocycles. The van der Waals surface area contributed by atoms with E-state index in [2.05, 4.69) is 0 Å². The number of aromatic amines is 2. The van der Waals surface area contributed by atoms with Crippen molar-refractivity contribution in [1.29, 1.82) is 0 Å². The fraction of sp³-hybridized carbons (Fsp3) is 0.429. The molecule has 0 saturated carbocycles. The van der Waals surface area contributed by atoms with Crippen LogP contribution in [0.4, 0.5) is 8.78 Å². The second kappa shape index (κ2) is 5.37. The Hall–Kier alpha value is -1.59. The van der Waals surface area contributed by atoms with Crippen molar-refractivity contribution in [2.45, 2.75) is 17.4 Å². The minimum atomic E-state index is -4.39.